The van der Waals surface area contributed by atoms with Gasteiger partial charge < -0.3 is 5.11 Å². The Morgan fingerprint density at radius 2 is 2.00 bits per heavy atom. The molecule has 1 N–H and O–H groups in total. The number of nitrogens with zero attached hydrogens (tertiary/aromatic N) is 1. The predicted molar refractivity (Wildman–Crippen MR) is 97.9 cm³/mol. The normalized spacial score (nSPS) is 20.4. The van der Waals surface area contributed by atoms with Gasteiger partial charge in [-0.05, 0) is 61.9 Å². The lowest BCUT2D eigenvalue weighted by Gasteiger charge is -2.30. The van der Waals surface area contributed by atoms with Crippen LogP contribution in [0.2, 0.25) is 5.02 Å². The molecule has 2 aliphatic rings. The molecule has 3 rings (SSSR count). The molecule has 1 aromatic carbocycles. The highest BCUT2D eigenvalue weighted by Gasteiger charge is 2.30. The fourth-order valence-corrected chi connectivity index (χ4v) is 4.24. The van der Waals surface area contributed by atoms with Crippen LogP contribution in [0.5, 0.6) is 0 Å². The van der Waals surface area contributed by atoms with Crippen molar-refractivity contribution in [2.75, 3.05) is 0 Å². The van der Waals surface area contributed by atoms with Crippen molar-refractivity contribution in [3.63, 3.8) is 0 Å². The summed E-state index contributed by atoms with van der Waals surface area (Å²) >= 11 is 6.26. The summed E-state index contributed by atoms with van der Waals surface area (Å²) in [4.78, 5) is 17.6. The zero-order valence-electron chi connectivity index (χ0n) is 14.6. The molecule has 130 valence electrons. The largest absolute Gasteiger partial charge is 0.392 e. The van der Waals surface area contributed by atoms with E-state index in [-0.39, 0.29) is 18.1 Å². The number of hydrogen-bond donors (Lipinski definition) is 1. The first-order valence-corrected chi connectivity index (χ1v) is 9.31. The van der Waals surface area contributed by atoms with Gasteiger partial charge in [0, 0.05) is 17.4 Å². The van der Waals surface area contributed by atoms with E-state index in [1.54, 1.807) is 0 Å². The molecule has 3 nitrogen and oxygen atoms in total. The summed E-state index contributed by atoms with van der Waals surface area (Å²) in [6.07, 6.45) is 6.81. The van der Waals surface area contributed by atoms with Crippen LogP contribution in [0.4, 0.5) is 0 Å². The van der Waals surface area contributed by atoms with Gasteiger partial charge >= 0.3 is 0 Å². The van der Waals surface area contributed by atoms with Gasteiger partial charge in [-0.3, -0.25) is 9.79 Å². The standard InChI is InChI=1S/C20H26ClNO2/c1-20(2)11-14-9-17(21)15(12-23)8-16(14)18(22-20)10-19(24)13-6-4-3-5-7-13/h8-9,13,23H,3-7,10-12H2,1-2H3. The molecule has 0 spiro atoms. The fraction of sp³-hybridized carbons (Fsp3) is 0.600. The van der Waals surface area contributed by atoms with E-state index < -0.39 is 0 Å². The Kier molecular flexibility index (Phi) is 5.12. The molecule has 1 fully saturated rings. The van der Waals surface area contributed by atoms with Crippen molar-refractivity contribution in [2.24, 2.45) is 10.9 Å². The molecule has 1 aromatic rings. The van der Waals surface area contributed by atoms with Gasteiger partial charge in [-0.25, -0.2) is 0 Å². The molecule has 0 atom stereocenters. The van der Waals surface area contributed by atoms with E-state index in [2.05, 4.69) is 13.8 Å². The van der Waals surface area contributed by atoms with E-state index in [4.69, 9.17) is 16.6 Å². The molecule has 1 aliphatic carbocycles. The molecule has 0 unspecified atom stereocenters. The van der Waals surface area contributed by atoms with Crippen LogP contribution in [0.25, 0.3) is 0 Å². The van der Waals surface area contributed by atoms with Gasteiger partial charge in [0.1, 0.15) is 5.78 Å². The van der Waals surface area contributed by atoms with Crippen molar-refractivity contribution in [3.05, 3.63) is 33.8 Å². The Bertz CT molecular complexity index is 672. The number of aliphatic imine (C=N–C) groups is 1. The molecule has 0 radical (unpaired) electrons. The number of rotatable bonds is 4. The lowest BCUT2D eigenvalue weighted by molar-refractivity contribution is -0.122. The van der Waals surface area contributed by atoms with E-state index in [1.807, 2.05) is 12.1 Å². The lowest BCUT2D eigenvalue weighted by atomic mass is 9.81. The number of Topliss-reactive ketones (excluding diaryl/α,β-unsaturated/α-hetero) is 1. The first kappa shape index (κ1) is 17.6. The maximum absolute atomic E-state index is 12.8. The van der Waals surface area contributed by atoms with E-state index in [0.717, 1.165) is 48.9 Å². The minimum atomic E-state index is -0.223. The Labute approximate surface area is 149 Å². The Morgan fingerprint density at radius 3 is 2.67 bits per heavy atom. The summed E-state index contributed by atoms with van der Waals surface area (Å²) in [6, 6.07) is 3.85. The molecule has 1 saturated carbocycles. The Hall–Kier alpha value is -1.19. The first-order valence-electron chi connectivity index (χ1n) is 8.93. The summed E-state index contributed by atoms with van der Waals surface area (Å²) < 4.78 is 0. The van der Waals surface area contributed by atoms with Crippen molar-refractivity contribution in [2.45, 2.75) is 70.9 Å². The molecule has 24 heavy (non-hydrogen) atoms. The third kappa shape index (κ3) is 3.73. The van der Waals surface area contributed by atoms with E-state index in [0.29, 0.717) is 22.8 Å². The second-order valence-corrected chi connectivity index (χ2v) is 8.19. The van der Waals surface area contributed by atoms with Gasteiger partial charge in [0.2, 0.25) is 0 Å². The monoisotopic (exact) mass is 347 g/mol. The zero-order chi connectivity index (χ0) is 17.3. The van der Waals surface area contributed by atoms with Gasteiger partial charge in [0.15, 0.2) is 0 Å². The number of aliphatic hydroxyl groups excluding tert-OH is 1. The summed E-state index contributed by atoms with van der Waals surface area (Å²) in [5.74, 6) is 0.511. The third-order valence-electron chi connectivity index (χ3n) is 5.22. The lowest BCUT2D eigenvalue weighted by Crippen LogP contribution is -2.31. The van der Waals surface area contributed by atoms with Crippen molar-refractivity contribution < 1.29 is 9.90 Å². The van der Waals surface area contributed by atoms with Crippen LogP contribution in [-0.2, 0) is 17.8 Å². The summed E-state index contributed by atoms with van der Waals surface area (Å²) in [5.41, 5.74) is 3.46. The Balaban J connectivity index is 1.91. The number of benzene rings is 1. The minimum absolute atomic E-state index is 0.0979. The van der Waals surface area contributed by atoms with Crippen LogP contribution in [0.3, 0.4) is 0 Å². The highest BCUT2D eigenvalue weighted by Crippen LogP contribution is 2.33. The van der Waals surface area contributed by atoms with Crippen LogP contribution in [0, 0.1) is 5.92 Å². The molecule has 0 aromatic heterocycles. The van der Waals surface area contributed by atoms with Crippen molar-refractivity contribution in [1.82, 2.24) is 0 Å². The van der Waals surface area contributed by atoms with Gasteiger partial charge in [-0.1, -0.05) is 30.9 Å². The van der Waals surface area contributed by atoms with E-state index in [1.165, 1.54) is 6.42 Å². The number of carbonyl (C=O) groups is 1. The fourth-order valence-electron chi connectivity index (χ4n) is 4.00. The molecular weight excluding hydrogens is 322 g/mol. The average molecular weight is 348 g/mol. The second kappa shape index (κ2) is 6.97. The second-order valence-electron chi connectivity index (χ2n) is 7.78. The van der Waals surface area contributed by atoms with Crippen molar-refractivity contribution in [1.29, 1.82) is 0 Å². The number of hydrogen-bond acceptors (Lipinski definition) is 3. The van der Waals surface area contributed by atoms with Gasteiger partial charge in [-0.2, -0.15) is 0 Å². The van der Waals surface area contributed by atoms with Gasteiger partial charge in [0.05, 0.1) is 17.9 Å². The first-order chi connectivity index (χ1) is 11.4. The molecule has 0 saturated heterocycles. The molecule has 1 aliphatic heterocycles. The molecule has 4 heteroatoms. The third-order valence-corrected chi connectivity index (χ3v) is 5.57. The summed E-state index contributed by atoms with van der Waals surface area (Å²) in [5, 5.41) is 10.1. The van der Waals surface area contributed by atoms with Crippen LogP contribution in [0.15, 0.2) is 17.1 Å². The van der Waals surface area contributed by atoms with Crippen LogP contribution in [0.1, 0.15) is 69.1 Å². The molecular formula is C20H26ClNO2. The SMILES string of the molecule is CC1(C)Cc2cc(Cl)c(CO)cc2C(CC(=O)C2CCCCC2)=N1. The summed E-state index contributed by atoms with van der Waals surface area (Å²) in [7, 11) is 0. The number of fused-ring (bicyclic) bond motifs is 1. The molecule has 1 heterocycles. The quantitative estimate of drug-likeness (QED) is 0.872. The van der Waals surface area contributed by atoms with Crippen LogP contribution < -0.4 is 0 Å². The topological polar surface area (TPSA) is 49.7 Å². The number of ketones is 1. The number of halogens is 1. The van der Waals surface area contributed by atoms with Crippen molar-refractivity contribution in [3.8, 4) is 0 Å². The highest BCUT2D eigenvalue weighted by atomic mass is 35.5. The number of aliphatic hydroxyl groups is 1. The average Bonchev–Trinajstić information content (AvgIpc) is 2.54. The maximum Gasteiger partial charge on any atom is 0.141 e. The molecule has 0 amide bonds. The Morgan fingerprint density at radius 1 is 1.29 bits per heavy atom. The van der Waals surface area contributed by atoms with Gasteiger partial charge in [0.25, 0.3) is 0 Å². The molecule has 0 bridgehead atoms. The smallest absolute Gasteiger partial charge is 0.141 e. The van der Waals surface area contributed by atoms with Crippen molar-refractivity contribution >= 4 is 23.1 Å². The van der Waals surface area contributed by atoms with Gasteiger partial charge in [-0.15, -0.1) is 0 Å². The van der Waals surface area contributed by atoms with E-state index >= 15 is 0 Å². The van der Waals surface area contributed by atoms with Crippen LogP contribution in [-0.4, -0.2) is 22.1 Å². The minimum Gasteiger partial charge on any atom is -0.392 e. The zero-order valence-corrected chi connectivity index (χ0v) is 15.3. The highest BCUT2D eigenvalue weighted by molar-refractivity contribution is 6.31. The number of carbonyl (C=O) groups excluding carboxylic acids is 1. The van der Waals surface area contributed by atoms with Crippen LogP contribution >= 0.6 is 11.6 Å². The maximum atomic E-state index is 12.8. The summed E-state index contributed by atoms with van der Waals surface area (Å²) in [6.45, 7) is 4.09. The van der Waals surface area contributed by atoms with E-state index in [9.17, 15) is 9.90 Å². The predicted octanol–water partition coefficient (Wildman–Crippen LogP) is 4.50.